The van der Waals surface area contributed by atoms with Crippen molar-refractivity contribution in [1.82, 2.24) is 4.98 Å². The predicted octanol–water partition coefficient (Wildman–Crippen LogP) is 2.88. The van der Waals surface area contributed by atoms with E-state index < -0.39 is 0 Å². The summed E-state index contributed by atoms with van der Waals surface area (Å²) in [5.74, 6) is 0.812. The minimum atomic E-state index is 0.479. The number of hydrogen-bond acceptors (Lipinski definition) is 3. The molecule has 1 aromatic heterocycles. The average molecular weight is 275 g/mol. The fourth-order valence-electron chi connectivity index (χ4n) is 1.65. The van der Waals surface area contributed by atoms with E-state index in [9.17, 15) is 0 Å². The van der Waals surface area contributed by atoms with Crippen molar-refractivity contribution in [1.29, 1.82) is 0 Å². The summed E-state index contributed by atoms with van der Waals surface area (Å²) in [5, 5.41) is 3.37. The van der Waals surface area contributed by atoms with Gasteiger partial charge in [-0.05, 0) is 25.3 Å². The van der Waals surface area contributed by atoms with Crippen molar-refractivity contribution in [2.24, 2.45) is 11.7 Å². The first-order chi connectivity index (χ1) is 6.81. The lowest BCUT2D eigenvalue weighted by molar-refractivity contribution is 0.312. The maximum absolute atomic E-state index is 5.50. The molecule has 2 nitrogen and oxygen atoms in total. The van der Waals surface area contributed by atoms with Gasteiger partial charge in [0.1, 0.15) is 5.01 Å². The van der Waals surface area contributed by atoms with Crippen LogP contribution in [-0.4, -0.2) is 11.5 Å². The Morgan fingerprint density at radius 1 is 1.64 bits per heavy atom. The van der Waals surface area contributed by atoms with Crippen LogP contribution >= 0.6 is 27.3 Å². The van der Waals surface area contributed by atoms with Gasteiger partial charge in [-0.15, -0.1) is 11.3 Å². The molecule has 0 saturated heterocycles. The third-order valence-electron chi connectivity index (χ3n) is 2.77. The molecule has 0 aromatic carbocycles. The van der Waals surface area contributed by atoms with Gasteiger partial charge in [-0.2, -0.15) is 0 Å². The van der Waals surface area contributed by atoms with Gasteiger partial charge in [-0.25, -0.2) is 4.98 Å². The van der Waals surface area contributed by atoms with Gasteiger partial charge in [0.15, 0.2) is 0 Å². The van der Waals surface area contributed by atoms with Crippen LogP contribution in [0, 0.1) is 5.92 Å². The molecule has 14 heavy (non-hydrogen) atoms. The zero-order valence-electron chi connectivity index (χ0n) is 8.08. The van der Waals surface area contributed by atoms with Crippen molar-refractivity contribution in [2.75, 3.05) is 6.54 Å². The first-order valence-electron chi connectivity index (χ1n) is 5.09. The van der Waals surface area contributed by atoms with Crippen molar-refractivity contribution in [3.8, 4) is 0 Å². The Bertz CT molecular complexity index is 296. The monoisotopic (exact) mass is 274 g/mol. The summed E-state index contributed by atoms with van der Waals surface area (Å²) in [5.41, 5.74) is 6.65. The van der Waals surface area contributed by atoms with Gasteiger partial charge in [0, 0.05) is 11.8 Å². The predicted molar refractivity (Wildman–Crippen MR) is 63.9 cm³/mol. The molecule has 1 unspecified atom stereocenters. The van der Waals surface area contributed by atoms with Crippen LogP contribution in [0.25, 0.3) is 0 Å². The van der Waals surface area contributed by atoms with Gasteiger partial charge in [0.2, 0.25) is 0 Å². The van der Waals surface area contributed by atoms with E-state index in [2.05, 4.69) is 26.3 Å². The molecule has 2 N–H and O–H groups in total. The molecule has 0 aliphatic heterocycles. The molecule has 1 aliphatic rings. The van der Waals surface area contributed by atoms with Gasteiger partial charge >= 0.3 is 0 Å². The number of hydrogen-bond donors (Lipinski definition) is 1. The number of aromatic nitrogens is 1. The molecule has 4 heteroatoms. The summed E-state index contributed by atoms with van der Waals surface area (Å²) >= 11 is 5.51. The minimum Gasteiger partial charge on any atom is -0.330 e. The number of rotatable bonds is 4. The van der Waals surface area contributed by atoms with Crippen LogP contribution in [0.4, 0.5) is 0 Å². The molecule has 1 aliphatic carbocycles. The lowest BCUT2D eigenvalue weighted by Crippen LogP contribution is -2.16. The Morgan fingerprint density at radius 3 is 3.00 bits per heavy atom. The molecular formula is C10H15BrN2S. The minimum absolute atomic E-state index is 0.479. The fraction of sp³-hybridized carbons (Fsp3) is 0.700. The fourth-order valence-corrected chi connectivity index (χ4v) is 3.52. The standard InChI is InChI=1S/C10H15BrN2S/c11-9(7-2-1-3-7)10-13-8(4-5-12)6-14-10/h6-7,9H,1-5,12H2. The van der Waals surface area contributed by atoms with Gasteiger partial charge in [0.05, 0.1) is 10.5 Å². The number of thiazole rings is 1. The van der Waals surface area contributed by atoms with Gasteiger partial charge in [-0.3, -0.25) is 0 Å². The molecule has 1 fully saturated rings. The molecule has 0 spiro atoms. The van der Waals surface area contributed by atoms with E-state index in [0.717, 1.165) is 18.0 Å². The molecule has 78 valence electrons. The highest BCUT2D eigenvalue weighted by Gasteiger charge is 2.28. The summed E-state index contributed by atoms with van der Waals surface area (Å²) in [7, 11) is 0. The third-order valence-corrected chi connectivity index (χ3v) is 5.23. The maximum atomic E-state index is 5.50. The highest BCUT2D eigenvalue weighted by molar-refractivity contribution is 9.09. The lowest BCUT2D eigenvalue weighted by atomic mass is 9.83. The van der Waals surface area contributed by atoms with Gasteiger partial charge in [0.25, 0.3) is 0 Å². The van der Waals surface area contributed by atoms with E-state index in [4.69, 9.17) is 5.73 Å². The van der Waals surface area contributed by atoms with Crippen LogP contribution in [0.2, 0.25) is 0 Å². The van der Waals surface area contributed by atoms with E-state index in [0.29, 0.717) is 11.4 Å². The van der Waals surface area contributed by atoms with Gasteiger partial charge in [-0.1, -0.05) is 22.4 Å². The molecule has 0 bridgehead atoms. The van der Waals surface area contributed by atoms with E-state index >= 15 is 0 Å². The normalized spacial score (nSPS) is 19.3. The topological polar surface area (TPSA) is 38.9 Å². The molecule has 1 heterocycles. The van der Waals surface area contributed by atoms with E-state index in [1.807, 2.05) is 0 Å². The van der Waals surface area contributed by atoms with E-state index in [-0.39, 0.29) is 0 Å². The smallest absolute Gasteiger partial charge is 0.107 e. The number of halogens is 1. The lowest BCUT2D eigenvalue weighted by Gasteiger charge is -2.28. The molecule has 2 rings (SSSR count). The van der Waals surface area contributed by atoms with Crippen molar-refractivity contribution in [3.05, 3.63) is 16.1 Å². The Morgan fingerprint density at radius 2 is 2.43 bits per heavy atom. The van der Waals surface area contributed by atoms with Crippen molar-refractivity contribution >= 4 is 27.3 Å². The third kappa shape index (κ3) is 2.18. The Balaban J connectivity index is 2.00. The second kappa shape index (κ2) is 4.73. The number of nitrogens with two attached hydrogens (primary N) is 1. The highest BCUT2D eigenvalue weighted by atomic mass is 79.9. The second-order valence-corrected chi connectivity index (χ2v) is 5.68. The Kier molecular flexibility index (Phi) is 3.57. The first kappa shape index (κ1) is 10.6. The molecule has 0 radical (unpaired) electrons. The Hall–Kier alpha value is 0.0700. The molecule has 1 saturated carbocycles. The van der Waals surface area contributed by atoms with Crippen LogP contribution in [-0.2, 0) is 6.42 Å². The van der Waals surface area contributed by atoms with Crippen LogP contribution in [0.3, 0.4) is 0 Å². The molecular weight excluding hydrogens is 260 g/mol. The summed E-state index contributed by atoms with van der Waals surface area (Å²) < 4.78 is 0. The zero-order valence-corrected chi connectivity index (χ0v) is 10.5. The molecule has 0 amide bonds. The molecule has 1 atom stereocenters. The molecule has 1 aromatic rings. The van der Waals surface area contributed by atoms with Crippen LogP contribution in [0.15, 0.2) is 5.38 Å². The quantitative estimate of drug-likeness (QED) is 0.858. The second-order valence-electron chi connectivity index (χ2n) is 3.81. The van der Waals surface area contributed by atoms with Gasteiger partial charge < -0.3 is 5.73 Å². The van der Waals surface area contributed by atoms with Crippen LogP contribution < -0.4 is 5.73 Å². The highest BCUT2D eigenvalue weighted by Crippen LogP contribution is 2.43. The number of alkyl halides is 1. The largest absolute Gasteiger partial charge is 0.330 e. The number of nitrogens with zero attached hydrogens (tertiary/aromatic N) is 1. The SMILES string of the molecule is NCCc1csc(C(Br)C2CCC2)n1. The van der Waals surface area contributed by atoms with E-state index in [1.54, 1.807) is 11.3 Å². The Labute approximate surface area is 97.0 Å². The van der Waals surface area contributed by atoms with Crippen LogP contribution in [0.1, 0.15) is 34.8 Å². The summed E-state index contributed by atoms with van der Waals surface area (Å²) in [4.78, 5) is 5.07. The van der Waals surface area contributed by atoms with Crippen molar-refractivity contribution < 1.29 is 0 Å². The van der Waals surface area contributed by atoms with Crippen LogP contribution in [0.5, 0.6) is 0 Å². The first-order valence-corrected chi connectivity index (χ1v) is 6.89. The zero-order chi connectivity index (χ0) is 9.97. The maximum Gasteiger partial charge on any atom is 0.107 e. The summed E-state index contributed by atoms with van der Waals surface area (Å²) in [6.07, 6.45) is 4.98. The van der Waals surface area contributed by atoms with Crippen molar-refractivity contribution in [3.63, 3.8) is 0 Å². The summed E-state index contributed by atoms with van der Waals surface area (Å²) in [6, 6.07) is 0. The summed E-state index contributed by atoms with van der Waals surface area (Å²) in [6.45, 7) is 0.694. The van der Waals surface area contributed by atoms with E-state index in [1.165, 1.54) is 24.3 Å². The average Bonchev–Trinajstić information content (AvgIpc) is 2.50. The van der Waals surface area contributed by atoms with Crippen molar-refractivity contribution in [2.45, 2.75) is 30.5 Å².